The molecule has 0 heterocycles. The van der Waals surface area contributed by atoms with E-state index in [0.29, 0.717) is 6.29 Å². The molecule has 0 aliphatic carbocycles. The number of carbonyl (C=O) groups excluding carboxylic acids is 1. The van der Waals surface area contributed by atoms with Crippen LogP contribution in [-0.2, 0) is 9.84 Å². The zero-order valence-corrected chi connectivity index (χ0v) is 10.2. The average Bonchev–Trinajstić information content (AvgIpc) is 2.31. The molecule has 94 valence electrons. The number of sulfone groups is 1. The highest BCUT2D eigenvalue weighted by molar-refractivity contribution is 7.91. The molecule has 0 N–H and O–H groups in total. The van der Waals surface area contributed by atoms with Gasteiger partial charge in [-0.25, -0.2) is 12.8 Å². The molecule has 0 saturated carbocycles. The first-order valence-corrected chi connectivity index (χ1v) is 6.89. The summed E-state index contributed by atoms with van der Waals surface area (Å²) < 4.78 is 40.7. The zero-order valence-electron chi connectivity index (χ0n) is 9.35. The van der Waals surface area contributed by atoms with Gasteiger partial charge in [-0.2, -0.15) is 0 Å². The van der Waals surface area contributed by atoms with Crippen LogP contribution < -0.4 is 4.74 Å². The number of rotatable bonds is 6. The summed E-state index contributed by atoms with van der Waals surface area (Å²) in [6.45, 7) is 1.35. The monoisotopic (exact) mass is 260 g/mol. The molecule has 1 aromatic carbocycles. The summed E-state index contributed by atoms with van der Waals surface area (Å²) in [4.78, 5) is 10.6. The molecule has 0 bridgehead atoms. The van der Waals surface area contributed by atoms with E-state index in [4.69, 9.17) is 4.74 Å². The predicted molar refractivity (Wildman–Crippen MR) is 61.6 cm³/mol. The van der Waals surface area contributed by atoms with E-state index in [1.807, 2.05) is 0 Å². The van der Waals surface area contributed by atoms with Gasteiger partial charge in [0.2, 0.25) is 0 Å². The van der Waals surface area contributed by atoms with Crippen LogP contribution >= 0.6 is 0 Å². The number of aldehydes is 1. The summed E-state index contributed by atoms with van der Waals surface area (Å²) in [5.74, 6) is -1.07. The zero-order chi connectivity index (χ0) is 12.9. The Labute approximate surface area is 99.3 Å². The third-order valence-corrected chi connectivity index (χ3v) is 3.87. The fourth-order valence-corrected chi connectivity index (χ4v) is 1.81. The van der Waals surface area contributed by atoms with Crippen LogP contribution in [0.3, 0.4) is 0 Å². The summed E-state index contributed by atoms with van der Waals surface area (Å²) in [6.07, 6.45) is 0.465. The molecule has 0 aromatic heterocycles. The highest BCUT2D eigenvalue weighted by atomic mass is 32.2. The average molecular weight is 260 g/mol. The quantitative estimate of drug-likeness (QED) is 0.726. The third-order valence-electron chi connectivity index (χ3n) is 2.20. The van der Waals surface area contributed by atoms with Gasteiger partial charge in [-0.15, -0.1) is 0 Å². The van der Waals surface area contributed by atoms with Crippen molar-refractivity contribution in [3.63, 3.8) is 0 Å². The van der Waals surface area contributed by atoms with Crippen molar-refractivity contribution in [1.29, 1.82) is 0 Å². The van der Waals surface area contributed by atoms with Crippen molar-refractivity contribution in [3.05, 3.63) is 29.6 Å². The third kappa shape index (κ3) is 3.81. The Bertz CT molecular complexity index is 496. The van der Waals surface area contributed by atoms with Crippen LogP contribution in [0.5, 0.6) is 5.75 Å². The number of ether oxygens (including phenoxy) is 1. The van der Waals surface area contributed by atoms with Gasteiger partial charge in [-0.05, 0) is 12.1 Å². The lowest BCUT2D eigenvalue weighted by Gasteiger charge is -2.08. The van der Waals surface area contributed by atoms with E-state index in [9.17, 15) is 17.6 Å². The minimum atomic E-state index is -3.16. The number of hydrogen-bond acceptors (Lipinski definition) is 4. The maximum Gasteiger partial charge on any atom is 0.165 e. The molecule has 0 atom stereocenters. The largest absolute Gasteiger partial charge is 0.489 e. The van der Waals surface area contributed by atoms with Crippen molar-refractivity contribution in [3.8, 4) is 5.75 Å². The summed E-state index contributed by atoms with van der Waals surface area (Å²) in [7, 11) is -3.16. The van der Waals surface area contributed by atoms with Crippen LogP contribution in [0.1, 0.15) is 17.3 Å². The van der Waals surface area contributed by atoms with Gasteiger partial charge in [0.1, 0.15) is 6.61 Å². The van der Waals surface area contributed by atoms with Gasteiger partial charge in [-0.3, -0.25) is 4.79 Å². The Kier molecular flexibility index (Phi) is 4.62. The van der Waals surface area contributed by atoms with E-state index in [2.05, 4.69) is 0 Å². The van der Waals surface area contributed by atoms with E-state index in [0.717, 1.165) is 6.07 Å². The first-order chi connectivity index (χ1) is 8.00. The smallest absolute Gasteiger partial charge is 0.165 e. The fourth-order valence-electron chi connectivity index (χ4n) is 1.19. The molecule has 0 aliphatic rings. The lowest BCUT2D eigenvalue weighted by Crippen LogP contribution is -2.16. The van der Waals surface area contributed by atoms with Crippen molar-refractivity contribution in [2.45, 2.75) is 6.92 Å². The van der Waals surface area contributed by atoms with Crippen molar-refractivity contribution in [1.82, 2.24) is 0 Å². The van der Waals surface area contributed by atoms with E-state index in [1.165, 1.54) is 19.1 Å². The molecular formula is C11H13FO4S. The Morgan fingerprint density at radius 2 is 2.12 bits per heavy atom. The molecule has 0 aliphatic heterocycles. The molecule has 0 unspecified atom stereocenters. The second-order valence-corrected chi connectivity index (χ2v) is 5.83. The summed E-state index contributed by atoms with van der Waals surface area (Å²) in [5.41, 5.74) is 0.0684. The summed E-state index contributed by atoms with van der Waals surface area (Å²) in [6, 6.07) is 3.94. The summed E-state index contributed by atoms with van der Waals surface area (Å²) >= 11 is 0. The van der Waals surface area contributed by atoms with Gasteiger partial charge < -0.3 is 4.74 Å². The topological polar surface area (TPSA) is 60.4 Å². The molecule has 1 rings (SSSR count). The Balaban J connectivity index is 2.73. The van der Waals surface area contributed by atoms with E-state index in [1.54, 1.807) is 0 Å². The van der Waals surface area contributed by atoms with Crippen molar-refractivity contribution in [2.24, 2.45) is 0 Å². The highest BCUT2D eigenvalue weighted by Crippen LogP contribution is 2.20. The van der Waals surface area contributed by atoms with Crippen LogP contribution in [0.4, 0.5) is 4.39 Å². The first kappa shape index (κ1) is 13.6. The highest BCUT2D eigenvalue weighted by Gasteiger charge is 2.12. The van der Waals surface area contributed by atoms with Crippen LogP contribution in [-0.4, -0.2) is 32.8 Å². The normalized spacial score (nSPS) is 11.2. The molecule has 17 heavy (non-hydrogen) atoms. The van der Waals surface area contributed by atoms with Crippen molar-refractivity contribution < 1.29 is 22.3 Å². The SMILES string of the molecule is CCS(=O)(=O)CCOc1c(F)cccc1C=O. The van der Waals surface area contributed by atoms with Crippen LogP contribution in [0.15, 0.2) is 18.2 Å². The minimum absolute atomic E-state index is 0.00810. The maximum atomic E-state index is 13.3. The maximum absolute atomic E-state index is 13.3. The second-order valence-electron chi connectivity index (χ2n) is 3.36. The minimum Gasteiger partial charge on any atom is -0.489 e. The van der Waals surface area contributed by atoms with Gasteiger partial charge >= 0.3 is 0 Å². The molecule has 4 nitrogen and oxygen atoms in total. The number of benzene rings is 1. The second kappa shape index (κ2) is 5.77. The number of halogens is 1. The standard InChI is InChI=1S/C11H13FO4S/c1-2-17(14,15)7-6-16-11-9(8-13)4-3-5-10(11)12/h3-5,8H,2,6-7H2,1H3. The molecule has 0 radical (unpaired) electrons. The Hall–Kier alpha value is -1.43. The van der Waals surface area contributed by atoms with Gasteiger partial charge in [-0.1, -0.05) is 13.0 Å². The van der Waals surface area contributed by atoms with Gasteiger partial charge in [0.15, 0.2) is 27.7 Å². The summed E-state index contributed by atoms with van der Waals surface area (Å²) in [5, 5.41) is 0. The molecule has 0 fully saturated rings. The van der Waals surface area contributed by atoms with E-state index >= 15 is 0 Å². The van der Waals surface area contributed by atoms with Crippen LogP contribution in [0.25, 0.3) is 0 Å². The van der Waals surface area contributed by atoms with Crippen LogP contribution in [0, 0.1) is 5.82 Å². The molecule has 0 spiro atoms. The Morgan fingerprint density at radius 3 is 2.71 bits per heavy atom. The molecule has 0 amide bonds. The van der Waals surface area contributed by atoms with E-state index in [-0.39, 0.29) is 29.4 Å². The van der Waals surface area contributed by atoms with Crippen LogP contribution in [0.2, 0.25) is 0 Å². The molecule has 1 aromatic rings. The first-order valence-electron chi connectivity index (χ1n) is 5.07. The van der Waals surface area contributed by atoms with Gasteiger partial charge in [0, 0.05) is 5.75 Å². The molecular weight excluding hydrogens is 247 g/mol. The molecule has 0 saturated heterocycles. The van der Waals surface area contributed by atoms with E-state index < -0.39 is 15.7 Å². The van der Waals surface area contributed by atoms with Gasteiger partial charge in [0.05, 0.1) is 11.3 Å². The fraction of sp³-hybridized carbons (Fsp3) is 0.364. The lowest BCUT2D eigenvalue weighted by molar-refractivity contribution is 0.111. The predicted octanol–water partition coefficient (Wildman–Crippen LogP) is 1.45. The number of hydrogen-bond donors (Lipinski definition) is 0. The number of carbonyl (C=O) groups is 1. The lowest BCUT2D eigenvalue weighted by atomic mass is 10.2. The van der Waals surface area contributed by atoms with Gasteiger partial charge in [0.25, 0.3) is 0 Å². The number of para-hydroxylation sites is 1. The van der Waals surface area contributed by atoms with Crippen molar-refractivity contribution in [2.75, 3.05) is 18.1 Å². The Morgan fingerprint density at radius 1 is 1.41 bits per heavy atom. The molecule has 6 heteroatoms. The van der Waals surface area contributed by atoms with Crippen molar-refractivity contribution >= 4 is 16.1 Å².